The van der Waals surface area contributed by atoms with Crippen LogP contribution in [-0.4, -0.2) is 23.5 Å². The molecule has 0 aliphatic heterocycles. The van der Waals surface area contributed by atoms with Crippen LogP contribution in [0.1, 0.15) is 71.6 Å². The van der Waals surface area contributed by atoms with Crippen LogP contribution in [0, 0.1) is 11.3 Å². The van der Waals surface area contributed by atoms with Crippen molar-refractivity contribution >= 4 is 11.7 Å². The summed E-state index contributed by atoms with van der Waals surface area (Å²) >= 11 is 0. The molecular weight excluding hydrogens is 266 g/mol. The van der Waals surface area contributed by atoms with E-state index >= 15 is 0 Å². The van der Waals surface area contributed by atoms with E-state index in [0.29, 0.717) is 19.4 Å². The van der Waals surface area contributed by atoms with Crippen molar-refractivity contribution in [2.45, 2.75) is 71.6 Å². The molecule has 0 spiro atoms. The van der Waals surface area contributed by atoms with E-state index in [1.54, 1.807) is 0 Å². The number of amidine groups is 1. The Hall–Kier alpha value is -1.26. The third kappa shape index (κ3) is 5.21. The number of amides is 1. The first kappa shape index (κ1) is 17.8. The zero-order valence-corrected chi connectivity index (χ0v) is 13.5. The number of nitrogens with two attached hydrogens (primary N) is 1. The predicted octanol–water partition coefficient (Wildman–Crippen LogP) is 3.02. The summed E-state index contributed by atoms with van der Waals surface area (Å²) in [5.74, 6) is 0.764. The lowest BCUT2D eigenvalue weighted by molar-refractivity contribution is -0.127. The van der Waals surface area contributed by atoms with Crippen molar-refractivity contribution in [1.82, 2.24) is 5.32 Å². The second-order valence-corrected chi connectivity index (χ2v) is 6.63. The molecule has 0 saturated heterocycles. The van der Waals surface area contributed by atoms with Gasteiger partial charge in [0.15, 0.2) is 5.84 Å². The summed E-state index contributed by atoms with van der Waals surface area (Å²) in [4.78, 5) is 12.4. The van der Waals surface area contributed by atoms with Crippen molar-refractivity contribution in [2.24, 2.45) is 22.2 Å². The Kier molecular flexibility index (Phi) is 7.54. The van der Waals surface area contributed by atoms with E-state index in [4.69, 9.17) is 10.9 Å². The van der Waals surface area contributed by atoms with Crippen LogP contribution in [0.3, 0.4) is 0 Å². The molecule has 0 aromatic heterocycles. The highest BCUT2D eigenvalue weighted by atomic mass is 16.4. The molecule has 5 nitrogen and oxygen atoms in total. The summed E-state index contributed by atoms with van der Waals surface area (Å²) in [6.07, 6.45) is 9.18. The second-order valence-electron chi connectivity index (χ2n) is 6.63. The molecular formula is C16H31N3O2. The van der Waals surface area contributed by atoms with Crippen LogP contribution in [0.5, 0.6) is 0 Å². The molecule has 1 amide bonds. The van der Waals surface area contributed by atoms with Crippen LogP contribution in [0.4, 0.5) is 0 Å². The molecule has 4 N–H and O–H groups in total. The molecule has 0 heterocycles. The van der Waals surface area contributed by atoms with Crippen molar-refractivity contribution in [3.63, 3.8) is 0 Å². The Bertz CT molecular complexity index is 347. The number of hydrogen-bond acceptors (Lipinski definition) is 3. The van der Waals surface area contributed by atoms with Crippen LogP contribution < -0.4 is 11.1 Å². The molecule has 1 aliphatic carbocycles. The molecule has 0 radical (unpaired) electrons. The highest BCUT2D eigenvalue weighted by Crippen LogP contribution is 2.38. The van der Waals surface area contributed by atoms with E-state index in [1.165, 1.54) is 19.3 Å². The maximum absolute atomic E-state index is 12.4. The fraction of sp³-hybridized carbons (Fsp3) is 0.875. The lowest BCUT2D eigenvalue weighted by Crippen LogP contribution is -2.48. The van der Waals surface area contributed by atoms with Crippen molar-refractivity contribution in [2.75, 3.05) is 6.54 Å². The number of nitrogens with zero attached hydrogens (tertiary/aromatic N) is 1. The first-order chi connectivity index (χ1) is 10.0. The lowest BCUT2D eigenvalue weighted by atomic mass is 9.84. The van der Waals surface area contributed by atoms with E-state index in [1.807, 2.05) is 0 Å². The van der Waals surface area contributed by atoms with E-state index in [-0.39, 0.29) is 11.7 Å². The molecule has 0 atom stereocenters. The van der Waals surface area contributed by atoms with Crippen molar-refractivity contribution in [3.8, 4) is 0 Å². The van der Waals surface area contributed by atoms with Gasteiger partial charge >= 0.3 is 0 Å². The number of unbranched alkanes of at least 4 members (excludes halogenated alkanes) is 3. The average molecular weight is 297 g/mol. The summed E-state index contributed by atoms with van der Waals surface area (Å²) in [6.45, 7) is 5.17. The number of nitrogens with one attached hydrogen (secondary N) is 1. The average Bonchev–Trinajstić information content (AvgIpc) is 2.95. The topological polar surface area (TPSA) is 87.7 Å². The summed E-state index contributed by atoms with van der Waals surface area (Å²) < 4.78 is 0. The monoisotopic (exact) mass is 297 g/mol. The maximum atomic E-state index is 12.4. The number of carbonyl (C=O) groups excluding carboxylic acids is 1. The van der Waals surface area contributed by atoms with Gasteiger partial charge in [0.25, 0.3) is 0 Å². The maximum Gasteiger partial charge on any atom is 0.233 e. The summed E-state index contributed by atoms with van der Waals surface area (Å²) in [7, 11) is 0. The minimum atomic E-state index is -0.771. The third-order valence-electron chi connectivity index (χ3n) is 4.48. The van der Waals surface area contributed by atoms with Crippen molar-refractivity contribution in [1.29, 1.82) is 0 Å². The number of carbonyl (C=O) groups is 1. The van der Waals surface area contributed by atoms with Crippen LogP contribution in [0.25, 0.3) is 0 Å². The van der Waals surface area contributed by atoms with Crippen molar-refractivity contribution < 1.29 is 10.0 Å². The van der Waals surface area contributed by atoms with Crippen LogP contribution >= 0.6 is 0 Å². The molecule has 1 fully saturated rings. The van der Waals surface area contributed by atoms with Gasteiger partial charge in [-0.05, 0) is 25.2 Å². The van der Waals surface area contributed by atoms with E-state index in [0.717, 1.165) is 31.6 Å². The normalized spacial score (nSPS) is 18.1. The molecule has 0 aromatic carbocycles. The van der Waals surface area contributed by atoms with Crippen molar-refractivity contribution in [3.05, 3.63) is 0 Å². The minimum Gasteiger partial charge on any atom is -0.409 e. The first-order valence-corrected chi connectivity index (χ1v) is 8.29. The zero-order chi connectivity index (χ0) is 15.7. The summed E-state index contributed by atoms with van der Waals surface area (Å²) in [5.41, 5.74) is 4.98. The first-order valence-electron chi connectivity index (χ1n) is 8.29. The summed E-state index contributed by atoms with van der Waals surface area (Å²) in [5, 5.41) is 15.0. The van der Waals surface area contributed by atoms with Gasteiger partial charge in [-0.2, -0.15) is 0 Å². The summed E-state index contributed by atoms with van der Waals surface area (Å²) in [6, 6.07) is 0. The zero-order valence-electron chi connectivity index (χ0n) is 13.5. The quantitative estimate of drug-likeness (QED) is 0.201. The Morgan fingerprint density at radius 3 is 2.43 bits per heavy atom. The van der Waals surface area contributed by atoms with Gasteiger partial charge in [-0.25, -0.2) is 0 Å². The highest BCUT2D eigenvalue weighted by molar-refractivity contribution is 6.07. The predicted molar refractivity (Wildman–Crippen MR) is 85.2 cm³/mol. The Morgan fingerprint density at radius 1 is 1.24 bits per heavy atom. The Morgan fingerprint density at radius 2 is 1.86 bits per heavy atom. The molecule has 122 valence electrons. The van der Waals surface area contributed by atoms with Gasteiger partial charge in [-0.3, -0.25) is 4.79 Å². The Labute approximate surface area is 128 Å². The van der Waals surface area contributed by atoms with Gasteiger partial charge in [-0.1, -0.05) is 57.5 Å². The highest BCUT2D eigenvalue weighted by Gasteiger charge is 2.45. The Balaban J connectivity index is 2.26. The van der Waals surface area contributed by atoms with Gasteiger partial charge in [0.1, 0.15) is 5.41 Å². The molecule has 0 aromatic rings. The SMILES string of the molecule is CC(C)CCCCCCNC(=O)C1(C(N)=NO)CCCC1. The second kappa shape index (κ2) is 8.90. The van der Waals surface area contributed by atoms with Crippen LogP contribution in [0.15, 0.2) is 5.16 Å². The molecule has 1 rings (SSSR count). The van der Waals surface area contributed by atoms with Gasteiger partial charge in [0.2, 0.25) is 5.91 Å². The molecule has 1 aliphatic rings. The fourth-order valence-electron chi connectivity index (χ4n) is 3.08. The van der Waals surface area contributed by atoms with Crippen LogP contribution in [0.2, 0.25) is 0 Å². The molecule has 5 heteroatoms. The molecule has 0 bridgehead atoms. The number of oxime groups is 1. The van der Waals surface area contributed by atoms with E-state index in [2.05, 4.69) is 24.3 Å². The lowest BCUT2D eigenvalue weighted by Gasteiger charge is -2.25. The molecule has 1 saturated carbocycles. The van der Waals surface area contributed by atoms with E-state index in [9.17, 15) is 4.79 Å². The van der Waals surface area contributed by atoms with Gasteiger partial charge in [-0.15, -0.1) is 0 Å². The number of rotatable bonds is 9. The third-order valence-corrected chi connectivity index (χ3v) is 4.48. The van der Waals surface area contributed by atoms with Gasteiger partial charge in [0, 0.05) is 6.54 Å². The molecule has 21 heavy (non-hydrogen) atoms. The standard InChI is InChI=1S/C16H31N3O2/c1-13(2)9-5-3-4-8-12-18-15(20)16(14(17)19-21)10-6-7-11-16/h13,21H,3-12H2,1-2H3,(H2,17,19)(H,18,20). The van der Waals surface area contributed by atoms with Gasteiger partial charge in [0.05, 0.1) is 0 Å². The number of hydrogen-bond donors (Lipinski definition) is 3. The van der Waals surface area contributed by atoms with E-state index < -0.39 is 5.41 Å². The smallest absolute Gasteiger partial charge is 0.233 e. The van der Waals surface area contributed by atoms with Crippen LogP contribution in [-0.2, 0) is 4.79 Å². The fourth-order valence-corrected chi connectivity index (χ4v) is 3.08. The largest absolute Gasteiger partial charge is 0.409 e. The minimum absolute atomic E-state index is 0.0643. The molecule has 0 unspecified atom stereocenters. The van der Waals surface area contributed by atoms with Gasteiger partial charge < -0.3 is 16.3 Å².